The first-order chi connectivity index (χ1) is 29.0. The van der Waals surface area contributed by atoms with E-state index in [4.69, 9.17) is 47.4 Å². The van der Waals surface area contributed by atoms with Crippen LogP contribution in [0.4, 0.5) is 0 Å². The molecule has 3 N–H and O–H groups in total. The van der Waals surface area contributed by atoms with Crippen LogP contribution in [-0.4, -0.2) is 139 Å². The highest BCUT2D eigenvalue weighted by Crippen LogP contribution is 2.47. The van der Waals surface area contributed by atoms with Crippen molar-refractivity contribution in [1.29, 1.82) is 0 Å². The van der Waals surface area contributed by atoms with Gasteiger partial charge in [-0.25, -0.2) is 0 Å². The number of ether oxygens (including phenoxy) is 10. The summed E-state index contributed by atoms with van der Waals surface area (Å²) in [6.07, 6.45) is 7.54. The lowest BCUT2D eigenvalue weighted by Crippen LogP contribution is -2.58. The minimum atomic E-state index is -1.83. The molecule has 1 aliphatic carbocycles. The summed E-state index contributed by atoms with van der Waals surface area (Å²) in [4.78, 5) is 14.3. The number of hydrogen-bond acceptors (Lipinski definition) is 14. The third-order valence-corrected chi connectivity index (χ3v) is 14.0. The molecule has 19 atom stereocenters. The number of rotatable bonds is 7. The molecule has 7 rings (SSSR count). The molecule has 19 unspecified atom stereocenters. The molecule has 4 saturated heterocycles. The number of fused-ring (bicyclic) bond motifs is 2. The predicted octanol–water partition coefficient (Wildman–Crippen LogP) is 4.99. The van der Waals surface area contributed by atoms with Crippen molar-refractivity contribution in [2.75, 3.05) is 20.8 Å². The first-order valence-corrected chi connectivity index (χ1v) is 22.3. The van der Waals surface area contributed by atoms with Crippen LogP contribution in [0.15, 0.2) is 59.3 Å². The van der Waals surface area contributed by atoms with E-state index >= 15 is 0 Å². The highest BCUT2D eigenvalue weighted by Gasteiger charge is 2.60. The van der Waals surface area contributed by atoms with Gasteiger partial charge in [-0.3, -0.25) is 4.79 Å². The van der Waals surface area contributed by atoms with Crippen molar-refractivity contribution in [2.24, 2.45) is 23.7 Å². The van der Waals surface area contributed by atoms with Gasteiger partial charge in [0.15, 0.2) is 18.4 Å². The van der Waals surface area contributed by atoms with Crippen molar-refractivity contribution in [1.82, 2.24) is 0 Å². The molecule has 6 aliphatic heterocycles. The lowest BCUT2D eigenvalue weighted by atomic mass is 9.71. The molecule has 1 spiro atoms. The number of carbonyl (C=O) groups excluding carboxylic acids is 1. The van der Waals surface area contributed by atoms with E-state index in [9.17, 15) is 20.1 Å². The Bertz CT molecular complexity index is 1710. The van der Waals surface area contributed by atoms with Gasteiger partial charge in [0.2, 0.25) is 0 Å². The fraction of sp³-hybridized carbons (Fsp3) is 0.766. The molecule has 0 aromatic carbocycles. The molecule has 14 nitrogen and oxygen atoms in total. The third-order valence-electron chi connectivity index (χ3n) is 14.0. The van der Waals surface area contributed by atoms with Crippen LogP contribution in [-0.2, 0) is 52.2 Å². The Morgan fingerprint density at radius 2 is 1.56 bits per heavy atom. The molecular weight excluding hydrogens is 789 g/mol. The number of carbonyl (C=O) groups is 1. The van der Waals surface area contributed by atoms with E-state index in [1.54, 1.807) is 40.2 Å². The normalized spacial score (nSPS) is 49.3. The van der Waals surface area contributed by atoms with Gasteiger partial charge in [0.1, 0.15) is 42.0 Å². The first kappa shape index (κ1) is 46.7. The van der Waals surface area contributed by atoms with Crippen LogP contribution in [0.1, 0.15) is 87.5 Å². The second-order valence-electron chi connectivity index (χ2n) is 18.8. The molecule has 61 heavy (non-hydrogen) atoms. The third kappa shape index (κ3) is 9.58. The molecule has 2 bridgehead atoms. The van der Waals surface area contributed by atoms with Gasteiger partial charge in [0, 0.05) is 51.7 Å². The van der Waals surface area contributed by atoms with E-state index in [1.165, 1.54) is 0 Å². The highest BCUT2D eigenvalue weighted by molar-refractivity contribution is 5.78. The van der Waals surface area contributed by atoms with E-state index in [0.717, 1.165) is 5.57 Å². The SMILES string of the molecule is COC1CC(OC2C(C)OC(OC3/C(C)=C/CC4CC(CC5(C=CC(C)C(C(C)C)O5)O4)OC(=O)C4C=C(C)C(O)C5OC/C(=C\C=C\C3C)C45O)CC2OC)OC(C)C1O. The fourth-order valence-corrected chi connectivity index (χ4v) is 10.4. The van der Waals surface area contributed by atoms with Gasteiger partial charge in [0.05, 0.1) is 49.3 Å². The fourth-order valence-electron chi connectivity index (χ4n) is 10.4. The number of aliphatic hydroxyl groups excluding tert-OH is 2. The van der Waals surface area contributed by atoms with E-state index in [-0.39, 0.29) is 42.7 Å². The van der Waals surface area contributed by atoms with Gasteiger partial charge in [-0.1, -0.05) is 64.2 Å². The van der Waals surface area contributed by atoms with Crippen molar-refractivity contribution in [3.8, 4) is 0 Å². The first-order valence-electron chi connectivity index (χ1n) is 22.3. The second-order valence-corrected chi connectivity index (χ2v) is 18.8. The molecule has 0 aromatic rings. The van der Waals surface area contributed by atoms with Gasteiger partial charge in [-0.05, 0) is 62.8 Å². The summed E-state index contributed by atoms with van der Waals surface area (Å²) in [6.45, 7) is 16.0. The van der Waals surface area contributed by atoms with Crippen LogP contribution in [0.2, 0.25) is 0 Å². The van der Waals surface area contributed by atoms with Crippen molar-refractivity contribution in [2.45, 2.75) is 185 Å². The minimum absolute atomic E-state index is 0.0313. The maximum atomic E-state index is 14.3. The van der Waals surface area contributed by atoms with E-state index < -0.39 is 90.8 Å². The molecule has 14 heteroatoms. The number of aliphatic hydroxyl groups is 3. The molecule has 342 valence electrons. The zero-order valence-electron chi connectivity index (χ0n) is 37.5. The maximum absolute atomic E-state index is 14.3. The molecule has 0 radical (unpaired) electrons. The number of methoxy groups -OCH3 is 2. The highest BCUT2D eigenvalue weighted by atomic mass is 16.7. The number of allylic oxidation sites excluding steroid dienone is 2. The molecular formula is C47H70O14. The van der Waals surface area contributed by atoms with Gasteiger partial charge in [0.25, 0.3) is 0 Å². The van der Waals surface area contributed by atoms with Gasteiger partial charge in [-0.15, -0.1) is 0 Å². The van der Waals surface area contributed by atoms with Crippen LogP contribution >= 0.6 is 0 Å². The Morgan fingerprint density at radius 3 is 2.28 bits per heavy atom. The summed E-state index contributed by atoms with van der Waals surface area (Å²) in [7, 11) is 3.22. The van der Waals surface area contributed by atoms with Crippen molar-refractivity contribution < 1.29 is 67.5 Å². The molecule has 6 heterocycles. The van der Waals surface area contributed by atoms with Gasteiger partial charge >= 0.3 is 5.97 Å². The minimum Gasteiger partial charge on any atom is -0.462 e. The smallest absolute Gasteiger partial charge is 0.316 e. The van der Waals surface area contributed by atoms with Crippen molar-refractivity contribution in [3.63, 3.8) is 0 Å². The predicted molar refractivity (Wildman–Crippen MR) is 223 cm³/mol. The average molecular weight is 859 g/mol. The monoisotopic (exact) mass is 858 g/mol. The Morgan fingerprint density at radius 1 is 0.852 bits per heavy atom. The zero-order chi connectivity index (χ0) is 44.0. The molecule has 0 saturated carbocycles. The standard InChI is InChI=1S/C47H70O14/c1-24(2)41-27(5)16-17-46(61-41)22-33-19-32(60-46)15-14-26(4)42(25(3)12-11-13-31-23-54-44-39(48)28(6)18-34(45(50)57-33)47(31,44)51)58-38-21-36(53-10)43(30(8)56-38)59-37-20-35(52-9)40(49)29(7)55-37/h11-14,16-18,24-25,27,29-30,32-44,48-49,51H,15,19-23H2,1-10H3/b12-11+,26-14+,31-13+. The quantitative estimate of drug-likeness (QED) is 0.231. The second kappa shape index (κ2) is 19.0. The largest absolute Gasteiger partial charge is 0.462 e. The summed E-state index contributed by atoms with van der Waals surface area (Å²) in [5.74, 6) is -2.62. The Balaban J connectivity index is 1.18. The van der Waals surface area contributed by atoms with E-state index in [2.05, 4.69) is 39.8 Å². The van der Waals surface area contributed by atoms with Crippen LogP contribution in [0, 0.1) is 23.7 Å². The number of esters is 1. The van der Waals surface area contributed by atoms with Crippen molar-refractivity contribution >= 4 is 5.97 Å². The molecule has 0 aromatic heterocycles. The van der Waals surface area contributed by atoms with Crippen LogP contribution in [0.3, 0.4) is 0 Å². The Hall–Kier alpha value is -2.31. The van der Waals surface area contributed by atoms with Gasteiger partial charge in [-0.2, -0.15) is 0 Å². The lowest BCUT2D eigenvalue weighted by Gasteiger charge is -2.48. The molecule has 0 amide bonds. The van der Waals surface area contributed by atoms with Gasteiger partial charge < -0.3 is 62.7 Å². The van der Waals surface area contributed by atoms with E-state index in [0.29, 0.717) is 43.3 Å². The van der Waals surface area contributed by atoms with Crippen LogP contribution in [0.5, 0.6) is 0 Å². The molecule has 4 fully saturated rings. The van der Waals surface area contributed by atoms with Crippen molar-refractivity contribution in [3.05, 3.63) is 59.3 Å². The van der Waals surface area contributed by atoms with Crippen LogP contribution in [0.25, 0.3) is 0 Å². The van der Waals surface area contributed by atoms with E-state index in [1.807, 2.05) is 32.1 Å². The summed E-state index contributed by atoms with van der Waals surface area (Å²) in [5.41, 5.74) is 0.129. The molecule has 7 aliphatic rings. The maximum Gasteiger partial charge on any atom is 0.316 e. The summed E-state index contributed by atoms with van der Waals surface area (Å²) in [5, 5.41) is 34.2. The summed E-state index contributed by atoms with van der Waals surface area (Å²) >= 11 is 0. The lowest BCUT2D eigenvalue weighted by molar-refractivity contribution is -0.318. The Kier molecular flexibility index (Phi) is 14.6. The topological polar surface area (TPSA) is 170 Å². The van der Waals surface area contributed by atoms with Crippen LogP contribution < -0.4 is 0 Å². The zero-order valence-corrected chi connectivity index (χ0v) is 37.5. The average Bonchev–Trinajstić information content (AvgIpc) is 3.56. The summed E-state index contributed by atoms with van der Waals surface area (Å²) in [6, 6.07) is 0. The Labute approximate surface area is 361 Å². The number of hydrogen-bond donors (Lipinski definition) is 3. The summed E-state index contributed by atoms with van der Waals surface area (Å²) < 4.78 is 63.5.